The molecule has 1 fully saturated rings. The van der Waals surface area contributed by atoms with Crippen LogP contribution in [0.15, 0.2) is 4.99 Å². The molecule has 1 aliphatic carbocycles. The molecule has 2 N–H and O–H groups in total. The minimum atomic E-state index is 0.000233. The van der Waals surface area contributed by atoms with Crippen LogP contribution in [0.1, 0.15) is 47.0 Å². The molecule has 0 saturated heterocycles. The number of nitrogens with one attached hydrogen (secondary N) is 2. The number of hydrogen-bond donors (Lipinski definition) is 2. The Labute approximate surface area is 141 Å². The fourth-order valence-electron chi connectivity index (χ4n) is 3.36. The largest absolute Gasteiger partial charge is 0.378 e. The van der Waals surface area contributed by atoms with E-state index >= 15 is 0 Å². The zero-order valence-corrected chi connectivity index (χ0v) is 15.6. The molecule has 0 aliphatic heterocycles. The van der Waals surface area contributed by atoms with Crippen LogP contribution in [0, 0.1) is 5.41 Å². The summed E-state index contributed by atoms with van der Waals surface area (Å²) in [4.78, 5) is 17.7. The smallest absolute Gasteiger partial charge is 0.243 e. The lowest BCUT2D eigenvalue weighted by Gasteiger charge is -2.55. The van der Waals surface area contributed by atoms with Crippen LogP contribution in [0.25, 0.3) is 0 Å². The summed E-state index contributed by atoms with van der Waals surface area (Å²) < 4.78 is 5.92. The van der Waals surface area contributed by atoms with Gasteiger partial charge in [-0.2, -0.15) is 0 Å². The van der Waals surface area contributed by atoms with Crippen molar-refractivity contribution in [2.24, 2.45) is 10.4 Å². The van der Waals surface area contributed by atoms with Crippen LogP contribution in [-0.4, -0.2) is 62.7 Å². The van der Waals surface area contributed by atoms with Gasteiger partial charge in [0.1, 0.15) is 6.54 Å². The van der Waals surface area contributed by atoms with E-state index in [1.807, 2.05) is 6.92 Å². The van der Waals surface area contributed by atoms with Gasteiger partial charge in [0.05, 0.1) is 6.10 Å². The van der Waals surface area contributed by atoms with Gasteiger partial charge in [-0.1, -0.05) is 13.8 Å². The average Bonchev–Trinajstić information content (AvgIpc) is 2.52. The molecule has 0 aromatic carbocycles. The summed E-state index contributed by atoms with van der Waals surface area (Å²) in [7, 11) is 3.49. The Morgan fingerprint density at radius 3 is 2.39 bits per heavy atom. The number of hydrogen-bond acceptors (Lipinski definition) is 3. The van der Waals surface area contributed by atoms with Crippen molar-refractivity contribution in [2.45, 2.75) is 59.1 Å². The third kappa shape index (κ3) is 4.59. The highest BCUT2D eigenvalue weighted by molar-refractivity contribution is 5.85. The van der Waals surface area contributed by atoms with Crippen LogP contribution in [0.4, 0.5) is 0 Å². The van der Waals surface area contributed by atoms with Crippen molar-refractivity contribution in [3.8, 4) is 0 Å². The number of carbonyl (C=O) groups is 1. The van der Waals surface area contributed by atoms with Crippen molar-refractivity contribution in [1.82, 2.24) is 15.5 Å². The molecule has 0 aromatic rings. The quantitative estimate of drug-likeness (QED) is 0.525. The topological polar surface area (TPSA) is 66.0 Å². The van der Waals surface area contributed by atoms with Crippen LogP contribution in [0.3, 0.4) is 0 Å². The number of likely N-dealkylation sites (N-methyl/N-ethyl adjacent to an activating group) is 1. The lowest BCUT2D eigenvalue weighted by Crippen LogP contribution is -2.65. The summed E-state index contributed by atoms with van der Waals surface area (Å²) in [6.07, 6.45) is 3.44. The normalized spacial score (nSPS) is 23.1. The molecule has 1 amide bonds. The minimum Gasteiger partial charge on any atom is -0.378 e. The van der Waals surface area contributed by atoms with Gasteiger partial charge in [0.25, 0.3) is 0 Å². The summed E-state index contributed by atoms with van der Waals surface area (Å²) in [6, 6.07) is 0.335. The highest BCUT2D eigenvalue weighted by atomic mass is 16.5. The van der Waals surface area contributed by atoms with Crippen molar-refractivity contribution >= 4 is 11.9 Å². The maximum Gasteiger partial charge on any atom is 0.243 e. The van der Waals surface area contributed by atoms with Crippen molar-refractivity contribution in [1.29, 1.82) is 0 Å². The SMILES string of the molecule is CCNC(=NCC(=O)N(C)C)NC1CC(OCC)C1(CC)CC. The molecular weight excluding hydrogens is 292 g/mol. The predicted octanol–water partition coefficient (Wildman–Crippen LogP) is 1.61. The Bertz CT molecular complexity index is 405. The van der Waals surface area contributed by atoms with Gasteiger partial charge in [-0.05, 0) is 33.1 Å². The van der Waals surface area contributed by atoms with E-state index in [4.69, 9.17) is 4.74 Å². The summed E-state index contributed by atoms with van der Waals surface area (Å²) in [6.45, 7) is 10.2. The second kappa shape index (κ2) is 9.11. The predicted molar refractivity (Wildman–Crippen MR) is 94.6 cm³/mol. The van der Waals surface area contributed by atoms with Gasteiger partial charge >= 0.3 is 0 Å². The molecule has 0 spiro atoms. The Kier molecular flexibility index (Phi) is 7.82. The molecule has 2 unspecified atom stereocenters. The van der Waals surface area contributed by atoms with Gasteiger partial charge in [-0.15, -0.1) is 0 Å². The van der Waals surface area contributed by atoms with Crippen molar-refractivity contribution in [3.63, 3.8) is 0 Å². The van der Waals surface area contributed by atoms with E-state index in [9.17, 15) is 4.79 Å². The van der Waals surface area contributed by atoms with Crippen molar-refractivity contribution in [3.05, 3.63) is 0 Å². The lowest BCUT2D eigenvalue weighted by molar-refractivity contribution is -0.133. The van der Waals surface area contributed by atoms with Crippen LogP contribution >= 0.6 is 0 Å². The Morgan fingerprint density at radius 1 is 1.26 bits per heavy atom. The summed E-state index contributed by atoms with van der Waals surface area (Å²) in [5, 5.41) is 6.75. The van der Waals surface area contributed by atoms with Crippen LogP contribution in [0.5, 0.6) is 0 Å². The number of aliphatic imine (C=N–C) groups is 1. The standard InChI is InChI=1S/C17H34N4O2/c1-7-17(8-2)13(11-14(17)23-10-4)20-16(18-9-3)19-12-15(22)21(5)6/h13-14H,7-12H2,1-6H3,(H2,18,19,20). The second-order valence-electron chi connectivity index (χ2n) is 6.30. The third-order valence-corrected chi connectivity index (χ3v) is 5.00. The van der Waals surface area contributed by atoms with Crippen molar-refractivity contribution in [2.75, 3.05) is 33.8 Å². The van der Waals surface area contributed by atoms with E-state index in [-0.39, 0.29) is 17.9 Å². The van der Waals surface area contributed by atoms with Crippen LogP contribution < -0.4 is 10.6 Å². The van der Waals surface area contributed by atoms with Gasteiger partial charge in [0, 0.05) is 38.7 Å². The average molecular weight is 326 g/mol. The maximum atomic E-state index is 11.7. The van der Waals surface area contributed by atoms with Crippen molar-refractivity contribution < 1.29 is 9.53 Å². The molecule has 6 nitrogen and oxygen atoms in total. The summed E-state index contributed by atoms with van der Waals surface area (Å²) >= 11 is 0. The van der Waals surface area contributed by atoms with Gasteiger partial charge in [-0.25, -0.2) is 4.99 Å². The highest BCUT2D eigenvalue weighted by Gasteiger charge is 2.53. The molecule has 23 heavy (non-hydrogen) atoms. The maximum absolute atomic E-state index is 11.7. The molecule has 1 aliphatic rings. The summed E-state index contributed by atoms with van der Waals surface area (Å²) in [5.74, 6) is 0.717. The summed E-state index contributed by atoms with van der Waals surface area (Å²) in [5.41, 5.74) is 0.151. The third-order valence-electron chi connectivity index (χ3n) is 5.00. The van der Waals surface area contributed by atoms with Gasteiger partial charge < -0.3 is 20.3 Å². The van der Waals surface area contributed by atoms with E-state index in [2.05, 4.69) is 36.4 Å². The molecule has 0 radical (unpaired) electrons. The van der Waals surface area contributed by atoms with E-state index in [1.165, 1.54) is 0 Å². The fraction of sp³-hybridized carbons (Fsp3) is 0.882. The molecule has 0 bridgehead atoms. The number of carbonyl (C=O) groups excluding carboxylic acids is 1. The lowest BCUT2D eigenvalue weighted by atomic mass is 9.58. The van der Waals surface area contributed by atoms with E-state index in [0.29, 0.717) is 18.1 Å². The van der Waals surface area contributed by atoms with E-state index in [1.54, 1.807) is 19.0 Å². The molecule has 1 saturated carbocycles. The first-order valence-corrected chi connectivity index (χ1v) is 8.81. The first-order valence-electron chi connectivity index (χ1n) is 8.81. The minimum absolute atomic E-state index is 0.000233. The van der Waals surface area contributed by atoms with Gasteiger partial charge in [0.2, 0.25) is 5.91 Å². The molecule has 2 atom stereocenters. The molecule has 1 rings (SSSR count). The molecule has 134 valence electrons. The number of ether oxygens (including phenoxy) is 1. The monoisotopic (exact) mass is 326 g/mol. The molecular formula is C17H34N4O2. The number of amides is 1. The molecule has 0 heterocycles. The first kappa shape index (κ1) is 19.7. The Hall–Kier alpha value is -1.30. The van der Waals surface area contributed by atoms with Gasteiger partial charge in [0.15, 0.2) is 5.96 Å². The Morgan fingerprint density at radius 2 is 1.91 bits per heavy atom. The number of guanidine groups is 1. The first-order chi connectivity index (χ1) is 10.9. The zero-order chi connectivity index (χ0) is 17.5. The highest BCUT2D eigenvalue weighted by Crippen LogP contribution is 2.48. The van der Waals surface area contributed by atoms with Gasteiger partial charge in [-0.3, -0.25) is 4.79 Å². The van der Waals surface area contributed by atoms with Crippen LogP contribution in [0.2, 0.25) is 0 Å². The van der Waals surface area contributed by atoms with E-state index in [0.717, 1.165) is 32.4 Å². The van der Waals surface area contributed by atoms with Crippen LogP contribution in [-0.2, 0) is 9.53 Å². The molecule has 6 heteroatoms. The molecule has 0 aromatic heterocycles. The zero-order valence-electron chi connectivity index (χ0n) is 15.6. The Balaban J connectivity index is 2.76. The second-order valence-corrected chi connectivity index (χ2v) is 6.30. The number of rotatable bonds is 8. The van der Waals surface area contributed by atoms with E-state index < -0.39 is 0 Å². The fourth-order valence-corrected chi connectivity index (χ4v) is 3.36. The number of nitrogens with zero attached hydrogens (tertiary/aromatic N) is 2.